The summed E-state index contributed by atoms with van der Waals surface area (Å²) in [5.74, 6) is 0. The van der Waals surface area contributed by atoms with Crippen LogP contribution in [0.25, 0.3) is 27.5 Å². The lowest BCUT2D eigenvalue weighted by atomic mass is 9.87. The van der Waals surface area contributed by atoms with Gasteiger partial charge in [0.05, 0.1) is 11.0 Å². The molecule has 4 rings (SSSR count). The molecule has 0 saturated carbocycles. The fourth-order valence-electron chi connectivity index (χ4n) is 3.62. The molecule has 0 saturated heterocycles. The largest absolute Gasteiger partial charge is 0.309 e. The third kappa shape index (κ3) is 2.64. The minimum absolute atomic E-state index is 0.175. The number of rotatable bonds is 2. The SMILES string of the molecule is CCc1ccc2c3ccccc3n(-c3ccc(C(C)(C)C)cc3)c2c1. The second kappa shape index (κ2) is 5.77. The van der Waals surface area contributed by atoms with E-state index in [1.165, 1.54) is 38.6 Å². The van der Waals surface area contributed by atoms with E-state index in [2.05, 4.69) is 99.0 Å². The number of aryl methyl sites for hydroxylation is 1. The quantitative estimate of drug-likeness (QED) is 0.389. The van der Waals surface area contributed by atoms with Gasteiger partial charge >= 0.3 is 0 Å². The molecule has 0 bridgehead atoms. The number of benzene rings is 3. The summed E-state index contributed by atoms with van der Waals surface area (Å²) < 4.78 is 2.40. The Morgan fingerprint density at radius 3 is 2.12 bits per heavy atom. The number of aromatic nitrogens is 1. The van der Waals surface area contributed by atoms with Crippen molar-refractivity contribution in [2.24, 2.45) is 0 Å². The molecule has 0 spiro atoms. The molecular formula is C24H25N. The first-order valence-corrected chi connectivity index (χ1v) is 9.12. The Balaban J connectivity index is 2.01. The van der Waals surface area contributed by atoms with Gasteiger partial charge in [-0.25, -0.2) is 0 Å². The van der Waals surface area contributed by atoms with Gasteiger partial charge in [0.15, 0.2) is 0 Å². The van der Waals surface area contributed by atoms with E-state index in [1.807, 2.05) is 0 Å². The van der Waals surface area contributed by atoms with Gasteiger partial charge in [0.2, 0.25) is 0 Å². The molecular weight excluding hydrogens is 302 g/mol. The van der Waals surface area contributed by atoms with Crippen LogP contribution in [0, 0.1) is 0 Å². The Bertz CT molecular complexity index is 1040. The van der Waals surface area contributed by atoms with Gasteiger partial charge in [-0.05, 0) is 47.2 Å². The van der Waals surface area contributed by atoms with Crippen LogP contribution in [0.5, 0.6) is 0 Å². The van der Waals surface area contributed by atoms with Crippen LogP contribution in [-0.4, -0.2) is 4.57 Å². The van der Waals surface area contributed by atoms with E-state index in [0.29, 0.717) is 0 Å². The lowest BCUT2D eigenvalue weighted by molar-refractivity contribution is 0.590. The van der Waals surface area contributed by atoms with E-state index in [1.54, 1.807) is 0 Å². The number of hydrogen-bond acceptors (Lipinski definition) is 0. The molecule has 0 amide bonds. The summed E-state index contributed by atoms with van der Waals surface area (Å²) in [7, 11) is 0. The summed E-state index contributed by atoms with van der Waals surface area (Å²) in [6, 6.07) is 24.6. The highest BCUT2D eigenvalue weighted by Gasteiger charge is 2.15. The second-order valence-electron chi connectivity index (χ2n) is 7.85. The molecule has 0 atom stereocenters. The predicted octanol–water partition coefficient (Wildman–Crippen LogP) is 6.64. The topological polar surface area (TPSA) is 4.93 Å². The molecule has 1 heteroatoms. The first-order valence-electron chi connectivity index (χ1n) is 9.12. The maximum Gasteiger partial charge on any atom is 0.0543 e. The minimum Gasteiger partial charge on any atom is -0.309 e. The highest BCUT2D eigenvalue weighted by atomic mass is 15.0. The molecule has 1 nitrogen and oxygen atoms in total. The van der Waals surface area contributed by atoms with Crippen LogP contribution < -0.4 is 0 Å². The highest BCUT2D eigenvalue weighted by Crippen LogP contribution is 2.33. The average molecular weight is 327 g/mol. The Labute approximate surface area is 149 Å². The minimum atomic E-state index is 0.175. The standard InChI is InChI=1S/C24H25N/c1-5-17-10-15-21-20-8-6-7-9-22(20)25(23(21)16-17)19-13-11-18(12-14-19)24(2,3)4/h6-16H,5H2,1-4H3. The van der Waals surface area contributed by atoms with Gasteiger partial charge < -0.3 is 4.57 Å². The summed E-state index contributed by atoms with van der Waals surface area (Å²) in [6.07, 6.45) is 1.06. The maximum absolute atomic E-state index is 2.40. The van der Waals surface area contributed by atoms with E-state index >= 15 is 0 Å². The van der Waals surface area contributed by atoms with Crippen molar-refractivity contribution in [3.8, 4) is 5.69 Å². The number of hydrogen-bond donors (Lipinski definition) is 0. The Morgan fingerprint density at radius 2 is 1.44 bits per heavy atom. The van der Waals surface area contributed by atoms with E-state index in [-0.39, 0.29) is 5.41 Å². The highest BCUT2D eigenvalue weighted by molar-refractivity contribution is 6.09. The average Bonchev–Trinajstić information content (AvgIpc) is 2.94. The van der Waals surface area contributed by atoms with Gasteiger partial charge in [-0.1, -0.05) is 70.2 Å². The first kappa shape index (κ1) is 16.0. The number of fused-ring (bicyclic) bond motifs is 3. The van der Waals surface area contributed by atoms with Crippen molar-refractivity contribution >= 4 is 21.8 Å². The van der Waals surface area contributed by atoms with Gasteiger partial charge in [-0.15, -0.1) is 0 Å². The molecule has 0 fully saturated rings. The lowest BCUT2D eigenvalue weighted by Crippen LogP contribution is -2.10. The van der Waals surface area contributed by atoms with Gasteiger partial charge in [0.1, 0.15) is 0 Å². The van der Waals surface area contributed by atoms with Crippen LogP contribution >= 0.6 is 0 Å². The molecule has 4 aromatic rings. The van der Waals surface area contributed by atoms with Crippen molar-refractivity contribution in [3.63, 3.8) is 0 Å². The molecule has 0 aliphatic carbocycles. The zero-order valence-electron chi connectivity index (χ0n) is 15.5. The molecule has 25 heavy (non-hydrogen) atoms. The van der Waals surface area contributed by atoms with E-state index in [4.69, 9.17) is 0 Å². The molecule has 0 N–H and O–H groups in total. The van der Waals surface area contributed by atoms with Crippen LogP contribution in [0.1, 0.15) is 38.8 Å². The molecule has 1 aromatic heterocycles. The number of para-hydroxylation sites is 1. The summed E-state index contributed by atoms with van der Waals surface area (Å²) >= 11 is 0. The molecule has 0 unspecified atom stereocenters. The molecule has 0 aliphatic rings. The van der Waals surface area contributed by atoms with E-state index in [0.717, 1.165) is 6.42 Å². The molecule has 1 heterocycles. The summed E-state index contributed by atoms with van der Waals surface area (Å²) in [4.78, 5) is 0. The van der Waals surface area contributed by atoms with Crippen LogP contribution in [0.15, 0.2) is 66.7 Å². The summed E-state index contributed by atoms with van der Waals surface area (Å²) in [6.45, 7) is 8.99. The van der Waals surface area contributed by atoms with Gasteiger partial charge in [-0.3, -0.25) is 0 Å². The zero-order valence-corrected chi connectivity index (χ0v) is 15.5. The van der Waals surface area contributed by atoms with Crippen molar-refractivity contribution in [1.29, 1.82) is 0 Å². The lowest BCUT2D eigenvalue weighted by Gasteiger charge is -2.19. The van der Waals surface area contributed by atoms with Crippen LogP contribution in [0.2, 0.25) is 0 Å². The van der Waals surface area contributed by atoms with Crippen molar-refractivity contribution in [2.45, 2.75) is 39.5 Å². The van der Waals surface area contributed by atoms with Crippen LogP contribution in [-0.2, 0) is 11.8 Å². The van der Waals surface area contributed by atoms with Crippen molar-refractivity contribution in [3.05, 3.63) is 77.9 Å². The van der Waals surface area contributed by atoms with Gasteiger partial charge in [-0.2, -0.15) is 0 Å². The van der Waals surface area contributed by atoms with E-state index < -0.39 is 0 Å². The van der Waals surface area contributed by atoms with Crippen LogP contribution in [0.4, 0.5) is 0 Å². The maximum atomic E-state index is 2.40. The first-order chi connectivity index (χ1) is 12.0. The zero-order chi connectivity index (χ0) is 17.6. The number of nitrogens with zero attached hydrogens (tertiary/aromatic N) is 1. The van der Waals surface area contributed by atoms with Gasteiger partial charge in [0.25, 0.3) is 0 Å². The normalized spacial score (nSPS) is 12.2. The smallest absolute Gasteiger partial charge is 0.0543 e. The summed E-state index contributed by atoms with van der Waals surface area (Å²) in [5.41, 5.74) is 6.72. The van der Waals surface area contributed by atoms with Crippen molar-refractivity contribution in [1.82, 2.24) is 4.57 Å². The monoisotopic (exact) mass is 327 g/mol. The molecule has 3 aromatic carbocycles. The Hall–Kier alpha value is -2.54. The third-order valence-corrected chi connectivity index (χ3v) is 5.14. The third-order valence-electron chi connectivity index (χ3n) is 5.14. The fourth-order valence-corrected chi connectivity index (χ4v) is 3.62. The Morgan fingerprint density at radius 1 is 0.760 bits per heavy atom. The van der Waals surface area contributed by atoms with Crippen LogP contribution in [0.3, 0.4) is 0 Å². The molecule has 0 radical (unpaired) electrons. The van der Waals surface area contributed by atoms with Crippen molar-refractivity contribution < 1.29 is 0 Å². The van der Waals surface area contributed by atoms with Crippen molar-refractivity contribution in [2.75, 3.05) is 0 Å². The second-order valence-corrected chi connectivity index (χ2v) is 7.85. The van der Waals surface area contributed by atoms with E-state index in [9.17, 15) is 0 Å². The molecule has 126 valence electrons. The predicted molar refractivity (Wildman–Crippen MR) is 109 cm³/mol. The van der Waals surface area contributed by atoms with Gasteiger partial charge in [0, 0.05) is 16.5 Å². The summed E-state index contributed by atoms with van der Waals surface area (Å²) in [5, 5.41) is 2.65. The Kier molecular flexibility index (Phi) is 3.68. The fraction of sp³-hybridized carbons (Fsp3) is 0.250. The molecule has 0 aliphatic heterocycles.